The summed E-state index contributed by atoms with van der Waals surface area (Å²) in [4.78, 5) is 2.52. The molecule has 0 saturated heterocycles. The third-order valence-corrected chi connectivity index (χ3v) is 11.0. The number of anilines is 3. The number of furan rings is 1. The number of para-hydroxylation sites is 2. The summed E-state index contributed by atoms with van der Waals surface area (Å²) in [5, 5.41) is 2.25. The van der Waals surface area contributed by atoms with Crippen LogP contribution in [-0.4, -0.2) is 0 Å². The van der Waals surface area contributed by atoms with Crippen LogP contribution in [0.1, 0.15) is 25.0 Å². The smallest absolute Gasteiger partial charge is 0.136 e. The van der Waals surface area contributed by atoms with Crippen molar-refractivity contribution in [2.75, 3.05) is 4.90 Å². The van der Waals surface area contributed by atoms with Crippen LogP contribution >= 0.6 is 0 Å². The van der Waals surface area contributed by atoms with Crippen LogP contribution in [0, 0.1) is 0 Å². The summed E-state index contributed by atoms with van der Waals surface area (Å²) < 4.78 is 6.42. The molecule has 0 saturated carbocycles. The quantitative estimate of drug-likeness (QED) is 0.174. The topological polar surface area (TPSA) is 16.4 Å². The van der Waals surface area contributed by atoms with Crippen LogP contribution in [0.15, 0.2) is 192 Å². The highest BCUT2D eigenvalue weighted by Gasteiger charge is 2.39. The summed E-state index contributed by atoms with van der Waals surface area (Å²) >= 11 is 0. The van der Waals surface area contributed by atoms with Gasteiger partial charge in [-0.3, -0.25) is 0 Å². The first-order valence-electron chi connectivity index (χ1n) is 18.4. The second-order valence-corrected chi connectivity index (χ2v) is 14.5. The van der Waals surface area contributed by atoms with Gasteiger partial charge in [-0.15, -0.1) is 0 Å². The van der Waals surface area contributed by atoms with Gasteiger partial charge in [0.25, 0.3) is 0 Å². The number of hydrogen-bond donors (Lipinski definition) is 0. The molecule has 0 bridgehead atoms. The van der Waals surface area contributed by atoms with Crippen molar-refractivity contribution in [2.45, 2.75) is 19.3 Å². The first-order valence-corrected chi connectivity index (χ1v) is 18.4. The second kappa shape index (κ2) is 12.3. The van der Waals surface area contributed by atoms with Gasteiger partial charge in [-0.2, -0.15) is 0 Å². The highest BCUT2D eigenvalue weighted by Crippen LogP contribution is 2.55. The fourth-order valence-electron chi connectivity index (χ4n) is 8.64. The highest BCUT2D eigenvalue weighted by molar-refractivity contribution is 6.14. The first kappa shape index (κ1) is 31.1. The van der Waals surface area contributed by atoms with E-state index in [4.69, 9.17) is 4.42 Å². The Bertz CT molecular complexity index is 2750. The molecule has 0 N–H and O–H groups in total. The maximum atomic E-state index is 6.42. The Kier molecular flexibility index (Phi) is 7.19. The zero-order chi connectivity index (χ0) is 35.5. The van der Waals surface area contributed by atoms with E-state index >= 15 is 0 Å². The number of benzene rings is 8. The second-order valence-electron chi connectivity index (χ2n) is 14.5. The van der Waals surface area contributed by atoms with E-state index in [1.165, 1.54) is 50.2 Å². The first-order chi connectivity index (χ1) is 26.1. The zero-order valence-corrected chi connectivity index (χ0v) is 29.8. The van der Waals surface area contributed by atoms with Gasteiger partial charge >= 0.3 is 0 Å². The Morgan fingerprint density at radius 1 is 0.415 bits per heavy atom. The fraction of sp³-hybridized carbons (Fsp3) is 0.0588. The van der Waals surface area contributed by atoms with Gasteiger partial charge in [0.15, 0.2) is 0 Å². The van der Waals surface area contributed by atoms with Gasteiger partial charge in [0.05, 0.1) is 11.4 Å². The lowest BCUT2D eigenvalue weighted by Crippen LogP contribution is -2.21. The summed E-state index contributed by atoms with van der Waals surface area (Å²) in [7, 11) is 0. The minimum absolute atomic E-state index is 0.226. The molecule has 0 amide bonds. The van der Waals surface area contributed by atoms with Crippen LogP contribution in [-0.2, 0) is 5.41 Å². The molecule has 0 unspecified atom stereocenters. The molecule has 252 valence electrons. The van der Waals surface area contributed by atoms with Gasteiger partial charge in [0, 0.05) is 27.4 Å². The van der Waals surface area contributed by atoms with Crippen molar-refractivity contribution in [2.24, 2.45) is 0 Å². The number of fused-ring (bicyclic) bond motifs is 6. The monoisotopic (exact) mass is 679 g/mol. The molecule has 1 aliphatic carbocycles. The highest BCUT2D eigenvalue weighted by atomic mass is 16.3. The van der Waals surface area contributed by atoms with Crippen LogP contribution in [0.25, 0.3) is 66.4 Å². The van der Waals surface area contributed by atoms with E-state index in [0.29, 0.717) is 0 Å². The molecule has 0 radical (unpaired) electrons. The number of rotatable bonds is 6. The molecule has 0 spiro atoms. The predicted octanol–water partition coefficient (Wildman–Crippen LogP) is 14.4. The maximum absolute atomic E-state index is 6.42. The van der Waals surface area contributed by atoms with Gasteiger partial charge in [-0.1, -0.05) is 159 Å². The van der Waals surface area contributed by atoms with Gasteiger partial charge in [0.2, 0.25) is 0 Å². The third kappa shape index (κ3) is 5.02. The molecule has 2 nitrogen and oxygen atoms in total. The minimum Gasteiger partial charge on any atom is -0.456 e. The van der Waals surface area contributed by atoms with Crippen molar-refractivity contribution >= 4 is 39.0 Å². The van der Waals surface area contributed by atoms with Crippen molar-refractivity contribution in [1.29, 1.82) is 0 Å². The van der Waals surface area contributed by atoms with Gasteiger partial charge in [-0.25, -0.2) is 0 Å². The molecule has 8 aromatic carbocycles. The Morgan fingerprint density at radius 2 is 0.962 bits per heavy atom. The molecule has 1 heterocycles. The summed E-state index contributed by atoms with van der Waals surface area (Å²) in [5.74, 6) is 0. The maximum Gasteiger partial charge on any atom is 0.136 e. The van der Waals surface area contributed by atoms with E-state index < -0.39 is 0 Å². The standard InChI is InChI=1S/C51H37NO/c1-51(2)44-26-12-9-21-39(44)42-25-15-28-46(50(42)51)52(38-32-36(34-17-5-3-6-18-34)31-37(33-38)35-19-7-4-8-20-35)45-27-13-10-22-40(45)41-24-16-30-48-49(41)43-23-11-14-29-47(43)53-48/h3-33H,1-2H3. The molecule has 1 aliphatic rings. The van der Waals surface area contributed by atoms with E-state index in [0.717, 1.165) is 44.4 Å². The predicted molar refractivity (Wildman–Crippen MR) is 222 cm³/mol. The average molecular weight is 680 g/mol. The lowest BCUT2D eigenvalue weighted by molar-refractivity contribution is 0.661. The van der Waals surface area contributed by atoms with Crippen molar-refractivity contribution in [3.05, 3.63) is 199 Å². The SMILES string of the molecule is CC1(C)c2ccccc2-c2cccc(N(c3cc(-c4ccccc4)cc(-c4ccccc4)c3)c3ccccc3-c3cccc4oc5ccccc5c34)c21. The van der Waals surface area contributed by atoms with E-state index in [9.17, 15) is 0 Å². The Labute approximate surface area is 310 Å². The lowest BCUT2D eigenvalue weighted by atomic mass is 9.81. The Hall–Kier alpha value is -6.64. The van der Waals surface area contributed by atoms with Gasteiger partial charge in [0.1, 0.15) is 11.2 Å². The van der Waals surface area contributed by atoms with Crippen molar-refractivity contribution in [3.8, 4) is 44.5 Å². The van der Waals surface area contributed by atoms with E-state index in [1.54, 1.807) is 0 Å². The van der Waals surface area contributed by atoms with Crippen molar-refractivity contribution in [1.82, 2.24) is 0 Å². The molecule has 2 heteroatoms. The van der Waals surface area contributed by atoms with Crippen LogP contribution in [0.2, 0.25) is 0 Å². The molecule has 0 fully saturated rings. The normalized spacial score (nSPS) is 12.9. The average Bonchev–Trinajstić information content (AvgIpc) is 3.71. The molecular weight excluding hydrogens is 643 g/mol. The largest absolute Gasteiger partial charge is 0.456 e. The van der Waals surface area contributed by atoms with E-state index in [2.05, 4.69) is 201 Å². The minimum atomic E-state index is -0.226. The molecule has 0 aliphatic heterocycles. The van der Waals surface area contributed by atoms with Crippen molar-refractivity contribution < 1.29 is 4.42 Å². The number of hydrogen-bond acceptors (Lipinski definition) is 2. The third-order valence-electron chi connectivity index (χ3n) is 11.0. The molecule has 0 atom stereocenters. The Morgan fingerprint density at radius 3 is 1.72 bits per heavy atom. The molecule has 10 rings (SSSR count). The van der Waals surface area contributed by atoms with Crippen LogP contribution < -0.4 is 4.90 Å². The Balaban J connectivity index is 1.30. The van der Waals surface area contributed by atoms with Crippen molar-refractivity contribution in [3.63, 3.8) is 0 Å². The van der Waals surface area contributed by atoms with E-state index in [-0.39, 0.29) is 5.41 Å². The molecular formula is C51H37NO. The lowest BCUT2D eigenvalue weighted by Gasteiger charge is -2.34. The molecule has 9 aromatic rings. The molecule has 1 aromatic heterocycles. The van der Waals surface area contributed by atoms with E-state index in [1.807, 2.05) is 6.07 Å². The summed E-state index contributed by atoms with van der Waals surface area (Å²) in [6.45, 7) is 4.75. The molecule has 53 heavy (non-hydrogen) atoms. The summed E-state index contributed by atoms with van der Waals surface area (Å²) in [5.41, 5.74) is 17.2. The van der Waals surface area contributed by atoms with Gasteiger partial charge in [-0.05, 0) is 92.5 Å². The van der Waals surface area contributed by atoms with Crippen LogP contribution in [0.5, 0.6) is 0 Å². The fourth-order valence-corrected chi connectivity index (χ4v) is 8.64. The van der Waals surface area contributed by atoms with Crippen LogP contribution in [0.3, 0.4) is 0 Å². The summed E-state index contributed by atoms with van der Waals surface area (Å²) in [6.07, 6.45) is 0. The zero-order valence-electron chi connectivity index (χ0n) is 29.8. The number of nitrogens with zero attached hydrogens (tertiary/aromatic N) is 1. The van der Waals surface area contributed by atoms with Gasteiger partial charge < -0.3 is 9.32 Å². The van der Waals surface area contributed by atoms with Crippen LogP contribution in [0.4, 0.5) is 17.1 Å². The summed E-state index contributed by atoms with van der Waals surface area (Å²) in [6, 6.07) is 68.0.